The van der Waals surface area contributed by atoms with Crippen LogP contribution in [-0.2, 0) is 17.8 Å². The Morgan fingerprint density at radius 1 is 1.04 bits per heavy atom. The van der Waals surface area contributed by atoms with Crippen LogP contribution in [-0.4, -0.2) is 33.3 Å². The number of benzene rings is 2. The van der Waals surface area contributed by atoms with E-state index in [2.05, 4.69) is 10.3 Å². The largest absolute Gasteiger partial charge is 0.493 e. The molecule has 0 aliphatic rings. The lowest BCUT2D eigenvalue weighted by molar-refractivity contribution is 0.0600. The van der Waals surface area contributed by atoms with E-state index >= 15 is 0 Å². The van der Waals surface area contributed by atoms with Gasteiger partial charge in [0.15, 0.2) is 17.5 Å². The molecule has 0 aliphatic heterocycles. The molecule has 0 atom stereocenters. The zero-order valence-corrected chi connectivity index (χ0v) is 17.9. The first-order valence-corrected chi connectivity index (χ1v) is 7.99. The number of methoxy groups -OCH3 is 3. The monoisotopic (exact) mass is 485 g/mol. The second-order valence-electron chi connectivity index (χ2n) is 5.44. The molecule has 0 bridgehead atoms. The number of rotatable bonds is 7. The van der Waals surface area contributed by atoms with Crippen molar-refractivity contribution in [2.75, 3.05) is 21.3 Å². The van der Waals surface area contributed by atoms with Gasteiger partial charge in [-0.25, -0.2) is 9.79 Å². The van der Waals surface area contributed by atoms with Gasteiger partial charge in [-0.2, -0.15) is 0 Å². The number of halogens is 1. The summed E-state index contributed by atoms with van der Waals surface area (Å²) in [6.45, 7) is 0.855. The number of carbonyl (C=O) groups is 1. The third kappa shape index (κ3) is 6.63. The van der Waals surface area contributed by atoms with Crippen LogP contribution >= 0.6 is 24.0 Å². The topological polar surface area (TPSA) is 95.2 Å². The molecule has 2 aromatic carbocycles. The summed E-state index contributed by atoms with van der Waals surface area (Å²) in [6.07, 6.45) is 0. The van der Waals surface area contributed by atoms with Gasteiger partial charge in [0.25, 0.3) is 0 Å². The van der Waals surface area contributed by atoms with E-state index in [-0.39, 0.29) is 29.9 Å². The number of hydrogen-bond donors (Lipinski definition) is 2. The van der Waals surface area contributed by atoms with Crippen LogP contribution in [0.2, 0.25) is 0 Å². The van der Waals surface area contributed by atoms with Gasteiger partial charge >= 0.3 is 5.97 Å². The van der Waals surface area contributed by atoms with Crippen LogP contribution in [0, 0.1) is 0 Å². The van der Waals surface area contributed by atoms with E-state index < -0.39 is 0 Å². The van der Waals surface area contributed by atoms with E-state index in [1.54, 1.807) is 32.4 Å². The minimum absolute atomic E-state index is 0. The van der Waals surface area contributed by atoms with Crippen molar-refractivity contribution < 1.29 is 19.0 Å². The quantitative estimate of drug-likeness (QED) is 0.271. The lowest BCUT2D eigenvalue weighted by Crippen LogP contribution is -2.31. The third-order valence-corrected chi connectivity index (χ3v) is 3.70. The van der Waals surface area contributed by atoms with Crippen LogP contribution < -0.4 is 20.5 Å². The first-order valence-electron chi connectivity index (χ1n) is 7.99. The summed E-state index contributed by atoms with van der Waals surface area (Å²) in [5, 5.41) is 3.05. The molecule has 0 amide bonds. The van der Waals surface area contributed by atoms with Crippen LogP contribution in [0.4, 0.5) is 0 Å². The first-order chi connectivity index (χ1) is 12.6. The van der Waals surface area contributed by atoms with Crippen LogP contribution in [0.15, 0.2) is 47.5 Å². The van der Waals surface area contributed by atoms with Crippen molar-refractivity contribution in [1.29, 1.82) is 0 Å². The lowest BCUT2D eigenvalue weighted by Gasteiger charge is -2.10. The molecule has 2 rings (SSSR count). The fourth-order valence-corrected chi connectivity index (χ4v) is 2.33. The van der Waals surface area contributed by atoms with Gasteiger partial charge in [-0.3, -0.25) is 0 Å². The molecule has 0 unspecified atom stereocenters. The molecule has 146 valence electrons. The lowest BCUT2D eigenvalue weighted by atomic mass is 10.1. The van der Waals surface area contributed by atoms with E-state index in [0.29, 0.717) is 36.1 Å². The maximum absolute atomic E-state index is 11.5. The molecule has 0 spiro atoms. The smallest absolute Gasteiger partial charge is 0.337 e. The minimum Gasteiger partial charge on any atom is -0.493 e. The third-order valence-electron chi connectivity index (χ3n) is 3.70. The van der Waals surface area contributed by atoms with Crippen molar-refractivity contribution in [3.05, 3.63) is 59.2 Å². The predicted molar refractivity (Wildman–Crippen MR) is 115 cm³/mol. The van der Waals surface area contributed by atoms with Crippen molar-refractivity contribution in [2.45, 2.75) is 13.1 Å². The Labute approximate surface area is 175 Å². The van der Waals surface area contributed by atoms with Crippen LogP contribution in [0.25, 0.3) is 0 Å². The molecule has 0 saturated heterocycles. The van der Waals surface area contributed by atoms with Crippen molar-refractivity contribution in [1.82, 2.24) is 5.32 Å². The molecule has 0 radical (unpaired) electrons. The van der Waals surface area contributed by atoms with Crippen molar-refractivity contribution in [3.8, 4) is 11.5 Å². The fourth-order valence-electron chi connectivity index (χ4n) is 2.33. The summed E-state index contributed by atoms with van der Waals surface area (Å²) in [5.74, 6) is 1.25. The second kappa shape index (κ2) is 11.3. The molecule has 2 aromatic rings. The molecule has 0 fully saturated rings. The SMILES string of the molecule is COC(=O)c1cccc(CN=C(N)NCc2ccc(OC)c(OC)c2)c1.I. The number of hydrogen-bond acceptors (Lipinski definition) is 5. The summed E-state index contributed by atoms with van der Waals surface area (Å²) in [5.41, 5.74) is 8.24. The number of ether oxygens (including phenoxy) is 3. The van der Waals surface area contributed by atoms with Crippen molar-refractivity contribution in [2.24, 2.45) is 10.7 Å². The Kier molecular flexibility index (Phi) is 9.41. The molecule has 0 aromatic heterocycles. The fraction of sp³-hybridized carbons (Fsp3) is 0.263. The van der Waals surface area contributed by atoms with E-state index in [0.717, 1.165) is 11.1 Å². The van der Waals surface area contributed by atoms with Gasteiger partial charge in [-0.1, -0.05) is 18.2 Å². The van der Waals surface area contributed by atoms with Crippen LogP contribution in [0.1, 0.15) is 21.5 Å². The standard InChI is InChI=1S/C19H23N3O4.HI/c1-24-16-8-7-14(10-17(16)25-2)12-22-19(20)21-11-13-5-4-6-15(9-13)18(23)26-3;/h4-10H,11-12H2,1-3H3,(H3,20,21,22);1H. The Morgan fingerprint density at radius 3 is 2.44 bits per heavy atom. The average Bonchev–Trinajstić information content (AvgIpc) is 2.69. The van der Waals surface area contributed by atoms with E-state index in [9.17, 15) is 4.79 Å². The Bertz CT molecular complexity index is 796. The molecule has 7 nitrogen and oxygen atoms in total. The van der Waals surface area contributed by atoms with Gasteiger partial charge in [0.1, 0.15) is 0 Å². The minimum atomic E-state index is -0.379. The maximum atomic E-state index is 11.5. The number of nitrogens with one attached hydrogen (secondary N) is 1. The normalized spacial score (nSPS) is 10.6. The van der Waals surface area contributed by atoms with E-state index in [4.69, 9.17) is 19.9 Å². The number of guanidine groups is 1. The summed E-state index contributed by atoms with van der Waals surface area (Å²) in [7, 11) is 4.53. The highest BCUT2D eigenvalue weighted by atomic mass is 127. The number of esters is 1. The first kappa shape index (κ1) is 22.6. The highest BCUT2D eigenvalue weighted by Crippen LogP contribution is 2.27. The summed E-state index contributed by atoms with van der Waals surface area (Å²) < 4.78 is 15.2. The molecular weight excluding hydrogens is 461 g/mol. The van der Waals surface area contributed by atoms with E-state index in [1.807, 2.05) is 24.3 Å². The number of nitrogens with zero attached hydrogens (tertiary/aromatic N) is 1. The predicted octanol–water partition coefficient (Wildman–Crippen LogP) is 2.71. The Hall–Kier alpha value is -2.49. The number of nitrogens with two attached hydrogens (primary N) is 1. The number of aliphatic imine (C=N–C) groups is 1. The maximum Gasteiger partial charge on any atom is 0.337 e. The zero-order valence-electron chi connectivity index (χ0n) is 15.5. The molecule has 3 N–H and O–H groups in total. The second-order valence-corrected chi connectivity index (χ2v) is 5.44. The van der Waals surface area contributed by atoms with E-state index in [1.165, 1.54) is 7.11 Å². The molecule has 27 heavy (non-hydrogen) atoms. The van der Waals surface area contributed by atoms with Crippen molar-refractivity contribution in [3.63, 3.8) is 0 Å². The van der Waals surface area contributed by atoms with Gasteiger partial charge in [0, 0.05) is 6.54 Å². The Morgan fingerprint density at radius 2 is 1.78 bits per heavy atom. The highest BCUT2D eigenvalue weighted by Gasteiger charge is 2.06. The molecule has 0 saturated carbocycles. The van der Waals surface area contributed by atoms with Gasteiger partial charge in [0.2, 0.25) is 0 Å². The summed E-state index contributed by atoms with van der Waals surface area (Å²) >= 11 is 0. The summed E-state index contributed by atoms with van der Waals surface area (Å²) in [6, 6.07) is 12.7. The van der Waals surface area contributed by atoms with Crippen LogP contribution in [0.5, 0.6) is 11.5 Å². The molecule has 8 heteroatoms. The highest BCUT2D eigenvalue weighted by molar-refractivity contribution is 14.0. The molecule has 0 heterocycles. The van der Waals surface area contributed by atoms with Gasteiger partial charge < -0.3 is 25.3 Å². The number of carbonyl (C=O) groups excluding carboxylic acids is 1. The van der Waals surface area contributed by atoms with Gasteiger partial charge in [-0.05, 0) is 35.4 Å². The Balaban J connectivity index is 0.00000364. The molecular formula is C19H24IN3O4. The van der Waals surface area contributed by atoms with Gasteiger partial charge in [0.05, 0.1) is 33.4 Å². The van der Waals surface area contributed by atoms with Crippen molar-refractivity contribution >= 4 is 35.9 Å². The van der Waals surface area contributed by atoms with Crippen LogP contribution in [0.3, 0.4) is 0 Å². The summed E-state index contributed by atoms with van der Waals surface area (Å²) in [4.78, 5) is 15.8. The zero-order chi connectivity index (χ0) is 18.9. The average molecular weight is 485 g/mol. The molecule has 0 aliphatic carbocycles. The van der Waals surface area contributed by atoms with Gasteiger partial charge in [-0.15, -0.1) is 24.0 Å².